The van der Waals surface area contributed by atoms with Gasteiger partial charge < -0.3 is 15.5 Å². The van der Waals surface area contributed by atoms with Gasteiger partial charge in [-0.2, -0.15) is 0 Å². The van der Waals surface area contributed by atoms with E-state index < -0.39 is 0 Å². The quantitative estimate of drug-likeness (QED) is 0.834. The number of halogens is 1. The first kappa shape index (κ1) is 16.0. The molecule has 5 heteroatoms. The van der Waals surface area contributed by atoms with Gasteiger partial charge in [0.15, 0.2) is 6.29 Å². The van der Waals surface area contributed by atoms with Crippen LogP contribution in [-0.2, 0) is 0 Å². The number of nitrogens with one attached hydrogen (secondary N) is 2. The Balaban J connectivity index is 0.000000399. The maximum Gasteiger partial charge on any atom is 0.151 e. The second-order valence-corrected chi connectivity index (χ2v) is 5.44. The van der Waals surface area contributed by atoms with Gasteiger partial charge in [0.25, 0.3) is 0 Å². The van der Waals surface area contributed by atoms with E-state index in [-0.39, 0.29) is 0 Å². The molecule has 1 unspecified atom stereocenters. The first-order valence-electron chi connectivity index (χ1n) is 6.36. The molecule has 1 aliphatic heterocycles. The highest BCUT2D eigenvalue weighted by atomic mass is 35.5. The molecule has 106 valence electrons. The number of anilines is 1. The summed E-state index contributed by atoms with van der Waals surface area (Å²) in [5.41, 5.74) is 1.51. The highest BCUT2D eigenvalue weighted by molar-refractivity contribution is 6.33. The van der Waals surface area contributed by atoms with Crippen molar-refractivity contribution in [2.45, 2.75) is 12.5 Å². The van der Waals surface area contributed by atoms with Gasteiger partial charge in [0.2, 0.25) is 0 Å². The molecule has 1 fully saturated rings. The summed E-state index contributed by atoms with van der Waals surface area (Å²) in [6, 6.07) is 5.88. The Morgan fingerprint density at radius 3 is 2.58 bits per heavy atom. The Hall–Kier alpha value is -1.10. The number of aldehydes is 1. The van der Waals surface area contributed by atoms with Crippen LogP contribution in [0, 0.1) is 0 Å². The van der Waals surface area contributed by atoms with E-state index in [2.05, 4.69) is 10.6 Å². The SMILES string of the molecule is CN(C)C.O=Cc1ccc(NC2CCNC2)cc1Cl. The normalized spacial score (nSPS) is 17.8. The molecule has 1 saturated heterocycles. The third kappa shape index (κ3) is 6.05. The minimum absolute atomic E-state index is 0.461. The van der Waals surface area contributed by atoms with E-state index in [0.29, 0.717) is 16.6 Å². The zero-order valence-electron chi connectivity index (χ0n) is 11.7. The fraction of sp³-hybridized carbons (Fsp3) is 0.500. The van der Waals surface area contributed by atoms with Crippen molar-refractivity contribution in [2.24, 2.45) is 0 Å². The molecule has 0 spiro atoms. The molecule has 0 aliphatic carbocycles. The van der Waals surface area contributed by atoms with Gasteiger partial charge in [0.05, 0.1) is 5.02 Å². The monoisotopic (exact) mass is 283 g/mol. The predicted octanol–water partition coefficient (Wildman–Crippen LogP) is 2.10. The van der Waals surface area contributed by atoms with Crippen LogP contribution in [0.1, 0.15) is 16.8 Å². The van der Waals surface area contributed by atoms with Crippen LogP contribution in [-0.4, -0.2) is 51.5 Å². The highest BCUT2D eigenvalue weighted by Crippen LogP contribution is 2.20. The standard InChI is InChI=1S/C11H13ClN2O.C3H9N/c12-11-5-9(2-1-8(11)7-15)14-10-3-4-13-6-10;1-4(2)3/h1-2,5,7,10,13-14H,3-4,6H2;1-3H3. The Bertz CT molecular complexity index is 401. The van der Waals surface area contributed by atoms with Crippen molar-refractivity contribution in [3.8, 4) is 0 Å². The van der Waals surface area contributed by atoms with Crippen LogP contribution in [0.5, 0.6) is 0 Å². The molecule has 0 saturated carbocycles. The van der Waals surface area contributed by atoms with Crippen LogP contribution in [0.3, 0.4) is 0 Å². The molecule has 0 bridgehead atoms. The molecule has 2 rings (SSSR count). The second-order valence-electron chi connectivity index (χ2n) is 5.03. The van der Waals surface area contributed by atoms with Crippen molar-refractivity contribution in [2.75, 3.05) is 39.5 Å². The third-order valence-electron chi connectivity index (χ3n) is 2.56. The zero-order chi connectivity index (χ0) is 14.3. The number of hydrogen-bond acceptors (Lipinski definition) is 4. The molecule has 2 N–H and O–H groups in total. The summed E-state index contributed by atoms with van der Waals surface area (Å²) in [7, 11) is 6.00. The van der Waals surface area contributed by atoms with E-state index in [1.165, 1.54) is 0 Å². The lowest BCUT2D eigenvalue weighted by Crippen LogP contribution is -2.21. The van der Waals surface area contributed by atoms with E-state index in [1.54, 1.807) is 12.1 Å². The fourth-order valence-corrected chi connectivity index (χ4v) is 1.95. The average Bonchev–Trinajstić information content (AvgIpc) is 2.81. The Morgan fingerprint density at radius 1 is 1.42 bits per heavy atom. The van der Waals surface area contributed by atoms with E-state index in [1.807, 2.05) is 32.1 Å². The van der Waals surface area contributed by atoms with Gasteiger partial charge in [0, 0.05) is 23.8 Å². The molecule has 4 nitrogen and oxygen atoms in total. The van der Waals surface area contributed by atoms with Crippen LogP contribution in [0.25, 0.3) is 0 Å². The number of hydrogen-bond donors (Lipinski definition) is 2. The predicted molar refractivity (Wildman–Crippen MR) is 81.3 cm³/mol. The van der Waals surface area contributed by atoms with Crippen molar-refractivity contribution in [1.82, 2.24) is 10.2 Å². The van der Waals surface area contributed by atoms with Gasteiger partial charge in [-0.05, 0) is 52.3 Å². The number of rotatable bonds is 3. The first-order chi connectivity index (χ1) is 9.02. The molecule has 1 atom stereocenters. The Kier molecular flexibility index (Phi) is 6.84. The lowest BCUT2D eigenvalue weighted by molar-refractivity contribution is 0.112. The fourth-order valence-electron chi connectivity index (χ4n) is 1.73. The summed E-state index contributed by atoms with van der Waals surface area (Å²) in [4.78, 5) is 12.6. The largest absolute Gasteiger partial charge is 0.381 e. The maximum atomic E-state index is 10.6. The maximum absolute atomic E-state index is 10.6. The molecule has 19 heavy (non-hydrogen) atoms. The minimum Gasteiger partial charge on any atom is -0.381 e. The van der Waals surface area contributed by atoms with Gasteiger partial charge in [-0.1, -0.05) is 11.6 Å². The van der Waals surface area contributed by atoms with Crippen LogP contribution in [0.15, 0.2) is 18.2 Å². The van der Waals surface area contributed by atoms with Crippen LogP contribution in [0.2, 0.25) is 5.02 Å². The summed E-state index contributed by atoms with van der Waals surface area (Å²) in [5.74, 6) is 0. The summed E-state index contributed by atoms with van der Waals surface area (Å²) >= 11 is 5.93. The van der Waals surface area contributed by atoms with Crippen LogP contribution in [0.4, 0.5) is 5.69 Å². The second kappa shape index (κ2) is 8.15. The van der Waals surface area contributed by atoms with E-state index in [9.17, 15) is 4.79 Å². The third-order valence-corrected chi connectivity index (χ3v) is 2.89. The van der Waals surface area contributed by atoms with Gasteiger partial charge in [-0.3, -0.25) is 4.79 Å². The number of benzene rings is 1. The smallest absolute Gasteiger partial charge is 0.151 e. The molecule has 0 radical (unpaired) electrons. The average molecular weight is 284 g/mol. The lowest BCUT2D eigenvalue weighted by atomic mass is 10.2. The topological polar surface area (TPSA) is 44.4 Å². The Labute approximate surface area is 120 Å². The molecule has 0 amide bonds. The lowest BCUT2D eigenvalue weighted by Gasteiger charge is -2.13. The molecule has 1 aromatic carbocycles. The number of carbonyl (C=O) groups is 1. The van der Waals surface area contributed by atoms with Crippen LogP contribution >= 0.6 is 11.6 Å². The number of nitrogens with zero attached hydrogens (tertiary/aromatic N) is 1. The van der Waals surface area contributed by atoms with E-state index >= 15 is 0 Å². The van der Waals surface area contributed by atoms with Gasteiger partial charge in [-0.25, -0.2) is 0 Å². The van der Waals surface area contributed by atoms with Crippen molar-refractivity contribution in [3.05, 3.63) is 28.8 Å². The molecule has 0 aromatic heterocycles. The molecule has 1 aromatic rings. The summed E-state index contributed by atoms with van der Waals surface area (Å²) in [5, 5.41) is 7.15. The van der Waals surface area contributed by atoms with Gasteiger partial charge in [-0.15, -0.1) is 0 Å². The summed E-state index contributed by atoms with van der Waals surface area (Å²) < 4.78 is 0. The van der Waals surface area contributed by atoms with E-state index in [4.69, 9.17) is 11.6 Å². The first-order valence-corrected chi connectivity index (χ1v) is 6.73. The molecular formula is C14H22ClN3O. The van der Waals surface area contributed by atoms with Crippen molar-refractivity contribution in [3.63, 3.8) is 0 Å². The van der Waals surface area contributed by atoms with E-state index in [0.717, 1.165) is 31.5 Å². The highest BCUT2D eigenvalue weighted by Gasteiger charge is 2.13. The van der Waals surface area contributed by atoms with Crippen molar-refractivity contribution >= 4 is 23.6 Å². The molecule has 1 heterocycles. The van der Waals surface area contributed by atoms with Gasteiger partial charge >= 0.3 is 0 Å². The summed E-state index contributed by atoms with van der Waals surface area (Å²) in [6.45, 7) is 2.03. The minimum atomic E-state index is 0.461. The summed E-state index contributed by atoms with van der Waals surface area (Å²) in [6.07, 6.45) is 1.89. The molecular weight excluding hydrogens is 262 g/mol. The van der Waals surface area contributed by atoms with Gasteiger partial charge in [0.1, 0.15) is 0 Å². The molecule has 1 aliphatic rings. The number of carbonyl (C=O) groups excluding carboxylic acids is 1. The van der Waals surface area contributed by atoms with Crippen LogP contribution < -0.4 is 10.6 Å². The van der Waals surface area contributed by atoms with Crippen molar-refractivity contribution in [1.29, 1.82) is 0 Å². The van der Waals surface area contributed by atoms with Crippen molar-refractivity contribution < 1.29 is 4.79 Å². The Morgan fingerprint density at radius 2 is 2.11 bits per heavy atom. The zero-order valence-corrected chi connectivity index (χ0v) is 12.5.